The second-order valence-corrected chi connectivity index (χ2v) is 4.32. The van der Waals surface area contributed by atoms with Crippen LogP contribution in [-0.2, 0) is 0 Å². The quantitative estimate of drug-likeness (QED) is 0.688. The molecule has 0 spiro atoms. The molecule has 0 radical (unpaired) electrons. The van der Waals surface area contributed by atoms with Gasteiger partial charge < -0.3 is 10.8 Å². The lowest BCUT2D eigenvalue weighted by Crippen LogP contribution is -2.19. The Balaban J connectivity index is 1.98. The predicted octanol–water partition coefficient (Wildman–Crippen LogP) is 2.06. The Labute approximate surface area is 81.5 Å². The van der Waals surface area contributed by atoms with Crippen LogP contribution < -0.4 is 5.73 Å². The number of aliphatic hydroxyl groups excluding tert-OH is 1. The van der Waals surface area contributed by atoms with Crippen LogP contribution in [0.2, 0.25) is 0 Å². The Kier molecular flexibility index (Phi) is 5.40. The first-order valence-electron chi connectivity index (χ1n) is 5.71. The maximum atomic E-state index is 9.26. The molecule has 3 N–H and O–H groups in total. The van der Waals surface area contributed by atoms with Crippen molar-refractivity contribution in [1.29, 1.82) is 0 Å². The molecule has 0 saturated heterocycles. The molecule has 1 saturated carbocycles. The van der Waals surface area contributed by atoms with Gasteiger partial charge in [-0.25, -0.2) is 0 Å². The molecule has 1 aliphatic carbocycles. The van der Waals surface area contributed by atoms with Gasteiger partial charge in [0.1, 0.15) is 0 Å². The first-order chi connectivity index (χ1) is 6.33. The highest BCUT2D eigenvalue weighted by Gasteiger charge is 2.13. The van der Waals surface area contributed by atoms with E-state index < -0.39 is 0 Å². The van der Waals surface area contributed by atoms with E-state index in [4.69, 9.17) is 5.73 Å². The van der Waals surface area contributed by atoms with E-state index in [2.05, 4.69) is 0 Å². The summed E-state index contributed by atoms with van der Waals surface area (Å²) in [6, 6.07) is 0. The Morgan fingerprint density at radius 3 is 2.54 bits per heavy atom. The molecule has 1 aliphatic rings. The van der Waals surface area contributed by atoms with Crippen molar-refractivity contribution in [2.45, 2.75) is 57.5 Å². The van der Waals surface area contributed by atoms with Gasteiger partial charge in [0.2, 0.25) is 0 Å². The minimum absolute atomic E-state index is 0.261. The molecule has 1 rings (SSSR count). The summed E-state index contributed by atoms with van der Waals surface area (Å²) in [5.41, 5.74) is 5.34. The molecule has 0 heterocycles. The third kappa shape index (κ3) is 4.63. The number of rotatable bonds is 5. The Hall–Kier alpha value is -0.0800. The van der Waals surface area contributed by atoms with Crippen molar-refractivity contribution in [2.24, 2.45) is 11.7 Å². The maximum Gasteiger partial charge on any atom is 0.0662 e. The predicted molar refractivity (Wildman–Crippen MR) is 55.5 cm³/mol. The second kappa shape index (κ2) is 6.39. The summed E-state index contributed by atoms with van der Waals surface area (Å²) in [5, 5.41) is 9.26. The number of nitrogens with two attached hydrogens (primary N) is 1. The number of aliphatic hydroxyl groups is 1. The van der Waals surface area contributed by atoms with E-state index in [0.29, 0.717) is 6.54 Å². The van der Waals surface area contributed by atoms with E-state index in [1.807, 2.05) is 0 Å². The van der Waals surface area contributed by atoms with Crippen LogP contribution in [0, 0.1) is 5.92 Å². The van der Waals surface area contributed by atoms with Crippen molar-refractivity contribution in [2.75, 3.05) is 6.54 Å². The third-order valence-corrected chi connectivity index (χ3v) is 3.15. The Morgan fingerprint density at radius 2 is 1.92 bits per heavy atom. The zero-order chi connectivity index (χ0) is 9.52. The minimum atomic E-state index is -0.261. The van der Waals surface area contributed by atoms with Crippen LogP contribution in [0.25, 0.3) is 0 Å². The van der Waals surface area contributed by atoms with E-state index >= 15 is 0 Å². The molecule has 1 atom stereocenters. The van der Waals surface area contributed by atoms with Gasteiger partial charge in [0.25, 0.3) is 0 Å². The van der Waals surface area contributed by atoms with E-state index in [-0.39, 0.29) is 6.10 Å². The van der Waals surface area contributed by atoms with Gasteiger partial charge in [-0.1, -0.05) is 44.9 Å². The summed E-state index contributed by atoms with van der Waals surface area (Å²) < 4.78 is 0. The first kappa shape index (κ1) is 11.0. The summed E-state index contributed by atoms with van der Waals surface area (Å²) in [7, 11) is 0. The minimum Gasteiger partial charge on any atom is -0.392 e. The molecule has 2 heteroatoms. The monoisotopic (exact) mass is 185 g/mol. The van der Waals surface area contributed by atoms with E-state index in [9.17, 15) is 5.11 Å². The third-order valence-electron chi connectivity index (χ3n) is 3.15. The molecule has 78 valence electrons. The van der Waals surface area contributed by atoms with Gasteiger partial charge in [-0.15, -0.1) is 0 Å². The van der Waals surface area contributed by atoms with Gasteiger partial charge >= 0.3 is 0 Å². The standard InChI is InChI=1S/C11H23NO/c12-9-11(13)8-4-7-10-5-2-1-3-6-10/h10-11,13H,1-9,12H2. The molecule has 0 aromatic heterocycles. The van der Waals surface area contributed by atoms with Gasteiger partial charge in [0.15, 0.2) is 0 Å². The van der Waals surface area contributed by atoms with Gasteiger partial charge in [-0.05, 0) is 12.3 Å². The fraction of sp³-hybridized carbons (Fsp3) is 1.00. The van der Waals surface area contributed by atoms with Crippen molar-refractivity contribution >= 4 is 0 Å². The van der Waals surface area contributed by atoms with Crippen LogP contribution in [0.1, 0.15) is 51.4 Å². The van der Waals surface area contributed by atoms with E-state index in [1.165, 1.54) is 38.5 Å². The summed E-state index contributed by atoms with van der Waals surface area (Å²) in [4.78, 5) is 0. The van der Waals surface area contributed by atoms with Crippen LogP contribution in [-0.4, -0.2) is 17.8 Å². The summed E-state index contributed by atoms with van der Waals surface area (Å²) in [6.45, 7) is 0.421. The van der Waals surface area contributed by atoms with Crippen LogP contribution in [0.5, 0.6) is 0 Å². The van der Waals surface area contributed by atoms with Gasteiger partial charge in [0, 0.05) is 6.54 Å². The van der Waals surface area contributed by atoms with Gasteiger partial charge in [-0.2, -0.15) is 0 Å². The zero-order valence-electron chi connectivity index (χ0n) is 8.54. The molecule has 2 nitrogen and oxygen atoms in total. The molecule has 0 bridgehead atoms. The Morgan fingerprint density at radius 1 is 1.23 bits per heavy atom. The van der Waals surface area contributed by atoms with E-state index in [1.54, 1.807) is 0 Å². The fourth-order valence-electron chi connectivity index (χ4n) is 2.24. The highest BCUT2D eigenvalue weighted by Crippen LogP contribution is 2.27. The maximum absolute atomic E-state index is 9.26. The van der Waals surface area contributed by atoms with Crippen LogP contribution in [0.4, 0.5) is 0 Å². The highest BCUT2D eigenvalue weighted by molar-refractivity contribution is 4.66. The fourth-order valence-corrected chi connectivity index (χ4v) is 2.24. The molecule has 1 fully saturated rings. The van der Waals surface area contributed by atoms with Gasteiger partial charge in [0.05, 0.1) is 6.10 Å². The number of hydrogen-bond acceptors (Lipinski definition) is 2. The van der Waals surface area contributed by atoms with Crippen molar-refractivity contribution in [1.82, 2.24) is 0 Å². The van der Waals surface area contributed by atoms with Crippen LogP contribution in [0.15, 0.2) is 0 Å². The smallest absolute Gasteiger partial charge is 0.0662 e. The molecular weight excluding hydrogens is 162 g/mol. The SMILES string of the molecule is NCC(O)CCCC1CCCCC1. The summed E-state index contributed by atoms with van der Waals surface area (Å²) in [5.74, 6) is 0.943. The summed E-state index contributed by atoms with van der Waals surface area (Å²) in [6.07, 6.45) is 10.2. The van der Waals surface area contributed by atoms with Crippen LogP contribution in [0.3, 0.4) is 0 Å². The average molecular weight is 185 g/mol. The topological polar surface area (TPSA) is 46.2 Å². The molecule has 13 heavy (non-hydrogen) atoms. The van der Waals surface area contributed by atoms with Crippen molar-refractivity contribution in [3.8, 4) is 0 Å². The average Bonchev–Trinajstić information content (AvgIpc) is 2.19. The van der Waals surface area contributed by atoms with Crippen molar-refractivity contribution < 1.29 is 5.11 Å². The number of hydrogen-bond donors (Lipinski definition) is 2. The molecule has 0 aromatic rings. The highest BCUT2D eigenvalue weighted by atomic mass is 16.3. The zero-order valence-corrected chi connectivity index (χ0v) is 8.54. The van der Waals surface area contributed by atoms with Gasteiger partial charge in [-0.3, -0.25) is 0 Å². The molecular formula is C11H23NO. The summed E-state index contributed by atoms with van der Waals surface area (Å²) >= 11 is 0. The first-order valence-corrected chi connectivity index (χ1v) is 5.71. The van der Waals surface area contributed by atoms with Crippen molar-refractivity contribution in [3.05, 3.63) is 0 Å². The molecule has 1 unspecified atom stereocenters. The largest absolute Gasteiger partial charge is 0.392 e. The van der Waals surface area contributed by atoms with Crippen LogP contribution >= 0.6 is 0 Å². The molecule has 0 aromatic carbocycles. The Bertz CT molecular complexity index is 121. The lowest BCUT2D eigenvalue weighted by atomic mass is 9.85. The van der Waals surface area contributed by atoms with E-state index in [0.717, 1.165) is 18.8 Å². The second-order valence-electron chi connectivity index (χ2n) is 4.32. The van der Waals surface area contributed by atoms with Crippen molar-refractivity contribution in [3.63, 3.8) is 0 Å². The lowest BCUT2D eigenvalue weighted by molar-refractivity contribution is 0.164. The molecule has 0 aliphatic heterocycles. The lowest BCUT2D eigenvalue weighted by Gasteiger charge is -2.21. The molecule has 0 amide bonds. The normalized spacial score (nSPS) is 21.7.